The Bertz CT molecular complexity index is 714. The molecule has 1 amide bonds. The highest BCUT2D eigenvalue weighted by atomic mass is 35.5. The summed E-state index contributed by atoms with van der Waals surface area (Å²) in [6, 6.07) is 7.15. The van der Waals surface area contributed by atoms with Crippen molar-refractivity contribution in [3.8, 4) is 5.75 Å². The number of carbonyl (C=O) groups excluding carboxylic acids is 1. The minimum absolute atomic E-state index is 0.00255. The summed E-state index contributed by atoms with van der Waals surface area (Å²) >= 11 is 6.07. The van der Waals surface area contributed by atoms with E-state index in [0.29, 0.717) is 10.8 Å². The summed E-state index contributed by atoms with van der Waals surface area (Å²) in [5.74, 6) is 0.370. The zero-order valence-electron chi connectivity index (χ0n) is 13.3. The van der Waals surface area contributed by atoms with Crippen LogP contribution >= 0.6 is 11.6 Å². The molecule has 1 heterocycles. The molecule has 2 atom stereocenters. The molecule has 0 bridgehead atoms. The average molecular weight is 334 g/mol. The molecule has 3 rings (SSSR count). The van der Waals surface area contributed by atoms with Gasteiger partial charge in [-0.05, 0) is 38.3 Å². The van der Waals surface area contributed by atoms with Gasteiger partial charge in [0.05, 0.1) is 17.3 Å². The van der Waals surface area contributed by atoms with E-state index in [9.17, 15) is 4.79 Å². The van der Waals surface area contributed by atoms with Crippen molar-refractivity contribution in [3.05, 3.63) is 46.7 Å². The van der Waals surface area contributed by atoms with Crippen LogP contribution < -0.4 is 10.1 Å². The van der Waals surface area contributed by atoms with Crippen LogP contribution in [0, 0.1) is 0 Å². The number of benzene rings is 1. The van der Waals surface area contributed by atoms with Gasteiger partial charge in [0.15, 0.2) is 6.10 Å². The Morgan fingerprint density at radius 1 is 1.48 bits per heavy atom. The molecule has 2 aromatic rings. The summed E-state index contributed by atoms with van der Waals surface area (Å²) in [4.78, 5) is 12.4. The molecule has 1 N–H and O–H groups in total. The van der Waals surface area contributed by atoms with E-state index >= 15 is 0 Å². The number of hydrogen-bond acceptors (Lipinski definition) is 3. The van der Waals surface area contributed by atoms with Crippen LogP contribution in [0.4, 0.5) is 0 Å². The van der Waals surface area contributed by atoms with E-state index in [-0.39, 0.29) is 11.9 Å². The number of carbonyl (C=O) groups is 1. The van der Waals surface area contributed by atoms with Gasteiger partial charge in [-0.2, -0.15) is 5.10 Å². The van der Waals surface area contributed by atoms with Crippen molar-refractivity contribution in [2.75, 3.05) is 0 Å². The largest absolute Gasteiger partial charge is 0.479 e. The molecule has 1 aliphatic rings. The first-order valence-electron chi connectivity index (χ1n) is 7.78. The molecule has 0 saturated heterocycles. The molecule has 0 radical (unpaired) electrons. The van der Waals surface area contributed by atoms with E-state index in [0.717, 1.165) is 24.8 Å². The van der Waals surface area contributed by atoms with Crippen molar-refractivity contribution in [1.29, 1.82) is 0 Å². The number of halogens is 1. The van der Waals surface area contributed by atoms with E-state index in [1.807, 2.05) is 30.1 Å². The fraction of sp³-hybridized carbons (Fsp3) is 0.412. The minimum Gasteiger partial charge on any atom is -0.479 e. The van der Waals surface area contributed by atoms with Crippen LogP contribution in [0.25, 0.3) is 0 Å². The van der Waals surface area contributed by atoms with E-state index in [1.165, 1.54) is 5.69 Å². The number of nitrogens with one attached hydrogen (secondary N) is 1. The number of amides is 1. The molecule has 1 aromatic carbocycles. The first-order chi connectivity index (χ1) is 11.1. The number of aryl methyl sites for hydroxylation is 1. The molecular formula is C17H20ClN3O2. The fourth-order valence-electron chi connectivity index (χ4n) is 2.93. The van der Waals surface area contributed by atoms with Gasteiger partial charge in [-0.25, -0.2) is 0 Å². The van der Waals surface area contributed by atoms with E-state index in [1.54, 1.807) is 19.1 Å². The Hall–Kier alpha value is -2.01. The zero-order valence-corrected chi connectivity index (χ0v) is 14.0. The molecule has 5 nitrogen and oxygen atoms in total. The van der Waals surface area contributed by atoms with Crippen LogP contribution in [0.2, 0.25) is 5.02 Å². The van der Waals surface area contributed by atoms with Crippen molar-refractivity contribution in [2.24, 2.45) is 7.05 Å². The second-order valence-corrected chi connectivity index (χ2v) is 6.22. The maximum atomic E-state index is 12.4. The van der Waals surface area contributed by atoms with Crippen molar-refractivity contribution < 1.29 is 9.53 Å². The van der Waals surface area contributed by atoms with Crippen LogP contribution in [0.15, 0.2) is 30.5 Å². The number of nitrogens with zero attached hydrogens (tertiary/aromatic N) is 2. The lowest BCUT2D eigenvalue weighted by Gasteiger charge is -2.25. The highest BCUT2D eigenvalue weighted by molar-refractivity contribution is 6.32. The highest BCUT2D eigenvalue weighted by Crippen LogP contribution is 2.29. The normalized spacial score (nSPS) is 18.1. The molecule has 23 heavy (non-hydrogen) atoms. The molecular weight excluding hydrogens is 314 g/mol. The fourth-order valence-corrected chi connectivity index (χ4v) is 3.11. The number of ether oxygens (including phenoxy) is 1. The topological polar surface area (TPSA) is 56.1 Å². The van der Waals surface area contributed by atoms with Gasteiger partial charge in [0.25, 0.3) is 5.91 Å². The lowest BCUT2D eigenvalue weighted by molar-refractivity contribution is -0.128. The van der Waals surface area contributed by atoms with Gasteiger partial charge in [-0.15, -0.1) is 0 Å². The monoisotopic (exact) mass is 333 g/mol. The zero-order chi connectivity index (χ0) is 16.4. The summed E-state index contributed by atoms with van der Waals surface area (Å²) in [6.07, 6.45) is 4.19. The third-order valence-corrected chi connectivity index (χ3v) is 4.51. The van der Waals surface area contributed by atoms with E-state index in [4.69, 9.17) is 16.3 Å². The predicted octanol–water partition coefficient (Wildman–Crippen LogP) is 3.03. The van der Waals surface area contributed by atoms with Gasteiger partial charge in [0.1, 0.15) is 5.75 Å². The summed E-state index contributed by atoms with van der Waals surface area (Å²) in [7, 11) is 1.94. The minimum atomic E-state index is -0.614. The van der Waals surface area contributed by atoms with Gasteiger partial charge >= 0.3 is 0 Å². The molecule has 0 aliphatic heterocycles. The summed E-state index contributed by atoms with van der Waals surface area (Å²) in [5.41, 5.74) is 2.30. The highest BCUT2D eigenvalue weighted by Gasteiger charge is 2.27. The first kappa shape index (κ1) is 15.9. The molecule has 6 heteroatoms. The Labute approximate surface area is 140 Å². The molecule has 0 fully saturated rings. The quantitative estimate of drug-likeness (QED) is 0.935. The standard InChI is InChI=1S/C17H20ClN3O2/c1-11(23-16-9-4-3-6-13(16)18)17(22)20-14-7-5-8-15-12(14)10-19-21(15)2/h3-4,6,9-11,14H,5,7-8H2,1-2H3,(H,20,22)/t11-,14+/m1/s1. The first-order valence-corrected chi connectivity index (χ1v) is 8.16. The number of fused-ring (bicyclic) bond motifs is 1. The summed E-state index contributed by atoms with van der Waals surface area (Å²) in [6.45, 7) is 1.73. The van der Waals surface area contributed by atoms with E-state index in [2.05, 4.69) is 10.4 Å². The van der Waals surface area contributed by atoms with Crippen molar-refractivity contribution >= 4 is 17.5 Å². The van der Waals surface area contributed by atoms with Crippen LogP contribution in [0.1, 0.15) is 37.1 Å². The van der Waals surface area contributed by atoms with Crippen LogP contribution in [-0.4, -0.2) is 21.8 Å². The molecule has 0 unspecified atom stereocenters. The summed E-state index contributed by atoms with van der Waals surface area (Å²) in [5, 5.41) is 7.86. The van der Waals surface area contributed by atoms with Crippen LogP contribution in [0.3, 0.4) is 0 Å². The molecule has 1 aliphatic carbocycles. The van der Waals surface area contributed by atoms with Gasteiger partial charge in [-0.3, -0.25) is 9.48 Å². The SMILES string of the molecule is C[C@@H](Oc1ccccc1Cl)C(=O)N[C@H]1CCCc2c1cnn2C. The van der Waals surface area contributed by atoms with Crippen molar-refractivity contribution in [1.82, 2.24) is 15.1 Å². The number of aromatic nitrogens is 2. The Balaban J connectivity index is 1.67. The Morgan fingerprint density at radius 3 is 3.04 bits per heavy atom. The van der Waals surface area contributed by atoms with Crippen LogP contribution in [-0.2, 0) is 18.3 Å². The second kappa shape index (κ2) is 6.62. The third-order valence-electron chi connectivity index (χ3n) is 4.20. The molecule has 1 aromatic heterocycles. The van der Waals surface area contributed by atoms with Gasteiger partial charge < -0.3 is 10.1 Å². The summed E-state index contributed by atoms with van der Waals surface area (Å²) < 4.78 is 7.56. The molecule has 0 spiro atoms. The third kappa shape index (κ3) is 3.34. The van der Waals surface area contributed by atoms with Gasteiger partial charge in [0, 0.05) is 18.3 Å². The second-order valence-electron chi connectivity index (χ2n) is 5.81. The number of para-hydroxylation sites is 1. The average Bonchev–Trinajstić information content (AvgIpc) is 2.92. The maximum Gasteiger partial charge on any atom is 0.261 e. The van der Waals surface area contributed by atoms with Crippen molar-refractivity contribution in [2.45, 2.75) is 38.3 Å². The van der Waals surface area contributed by atoms with Crippen LogP contribution in [0.5, 0.6) is 5.75 Å². The van der Waals surface area contributed by atoms with E-state index < -0.39 is 6.10 Å². The predicted molar refractivity (Wildman–Crippen MR) is 88.6 cm³/mol. The molecule has 0 saturated carbocycles. The Morgan fingerprint density at radius 2 is 2.26 bits per heavy atom. The lowest BCUT2D eigenvalue weighted by Crippen LogP contribution is -2.39. The van der Waals surface area contributed by atoms with Gasteiger partial charge in [-0.1, -0.05) is 23.7 Å². The number of rotatable bonds is 4. The van der Waals surface area contributed by atoms with Gasteiger partial charge in [0.2, 0.25) is 0 Å². The van der Waals surface area contributed by atoms with Crippen molar-refractivity contribution in [3.63, 3.8) is 0 Å². The maximum absolute atomic E-state index is 12.4. The Kier molecular flexibility index (Phi) is 4.57. The smallest absolute Gasteiger partial charge is 0.261 e. The molecule has 122 valence electrons. The number of hydrogen-bond donors (Lipinski definition) is 1. The lowest BCUT2D eigenvalue weighted by atomic mass is 9.93.